The van der Waals surface area contributed by atoms with Crippen LogP contribution < -0.4 is 0 Å². The fourth-order valence-electron chi connectivity index (χ4n) is 7.71. The van der Waals surface area contributed by atoms with Crippen LogP contribution in [-0.2, 0) is 0 Å². The summed E-state index contributed by atoms with van der Waals surface area (Å²) in [5.41, 5.74) is 12.5. The first kappa shape index (κ1) is 33.2. The van der Waals surface area contributed by atoms with Crippen LogP contribution in [0.1, 0.15) is 53.8 Å². The van der Waals surface area contributed by atoms with Crippen molar-refractivity contribution in [3.8, 4) is 45.3 Å². The molecule has 1 aliphatic rings. The topological polar surface area (TPSA) is 51.6 Å². The molecule has 0 N–H and O–H groups in total. The first-order chi connectivity index (χ1) is 25.4. The maximum absolute atomic E-state index is 5.07. The lowest BCUT2D eigenvalue weighted by atomic mass is 9.61. The number of rotatable bonds is 9. The fourth-order valence-corrected chi connectivity index (χ4v) is 7.71. The maximum atomic E-state index is 5.07. The van der Waals surface area contributed by atoms with Gasteiger partial charge < -0.3 is 0 Å². The minimum atomic E-state index is 0.342. The molecule has 4 nitrogen and oxygen atoms in total. The zero-order chi connectivity index (χ0) is 35.6. The Morgan fingerprint density at radius 1 is 0.481 bits per heavy atom. The summed E-state index contributed by atoms with van der Waals surface area (Å²) in [6, 6.07) is 53.5. The van der Waals surface area contributed by atoms with E-state index in [0.717, 1.165) is 39.2 Å². The quantitative estimate of drug-likeness (QED) is 0.153. The summed E-state index contributed by atoms with van der Waals surface area (Å²) < 4.78 is 0. The predicted octanol–water partition coefficient (Wildman–Crippen LogP) is 11.8. The van der Waals surface area contributed by atoms with E-state index in [0.29, 0.717) is 41.1 Å². The largest absolute Gasteiger partial charge is 0.258 e. The number of nitrogens with zero attached hydrogens (tertiary/aromatic N) is 4. The minimum absolute atomic E-state index is 0.342. The molecule has 2 unspecified atom stereocenters. The lowest BCUT2D eigenvalue weighted by molar-refractivity contribution is 0.336. The lowest BCUT2D eigenvalue weighted by Crippen LogP contribution is -2.31. The Kier molecular flexibility index (Phi) is 9.13. The molecule has 0 bridgehead atoms. The molecule has 52 heavy (non-hydrogen) atoms. The summed E-state index contributed by atoms with van der Waals surface area (Å²) in [7, 11) is 0. The Balaban J connectivity index is 1.12. The van der Waals surface area contributed by atoms with Gasteiger partial charge in [-0.2, -0.15) is 0 Å². The normalized spacial score (nSPS) is 16.4. The van der Waals surface area contributed by atoms with Crippen molar-refractivity contribution in [2.75, 3.05) is 0 Å². The van der Waals surface area contributed by atoms with E-state index in [1.807, 2.05) is 37.3 Å². The Labute approximate surface area is 307 Å². The number of pyridine rings is 1. The average Bonchev–Trinajstić information content (AvgIpc) is 3.18. The van der Waals surface area contributed by atoms with Gasteiger partial charge >= 0.3 is 0 Å². The van der Waals surface area contributed by atoms with Crippen LogP contribution in [0.2, 0.25) is 0 Å². The van der Waals surface area contributed by atoms with Gasteiger partial charge in [0.15, 0.2) is 17.5 Å². The fraction of sp³-hybridized carbons (Fsp3) is 0.167. The lowest BCUT2D eigenvalue weighted by Gasteiger charge is -2.43. The molecule has 0 spiro atoms. The van der Waals surface area contributed by atoms with Crippen LogP contribution in [0.15, 0.2) is 158 Å². The maximum Gasteiger partial charge on any atom is 0.164 e. The van der Waals surface area contributed by atoms with E-state index in [4.69, 9.17) is 19.9 Å². The first-order valence-electron chi connectivity index (χ1n) is 18.2. The molecule has 0 amide bonds. The van der Waals surface area contributed by atoms with Crippen molar-refractivity contribution in [3.05, 3.63) is 186 Å². The number of benzene rings is 5. The van der Waals surface area contributed by atoms with Crippen LogP contribution in [0.5, 0.6) is 0 Å². The van der Waals surface area contributed by atoms with Gasteiger partial charge in [0.25, 0.3) is 0 Å². The van der Waals surface area contributed by atoms with Gasteiger partial charge in [-0.3, -0.25) is 4.98 Å². The van der Waals surface area contributed by atoms with E-state index >= 15 is 0 Å². The molecule has 0 aliphatic heterocycles. The second-order valence-electron chi connectivity index (χ2n) is 14.1. The summed E-state index contributed by atoms with van der Waals surface area (Å²) in [6.07, 6.45) is 2.47. The zero-order valence-electron chi connectivity index (χ0n) is 30.1. The predicted molar refractivity (Wildman–Crippen MR) is 214 cm³/mol. The molecule has 0 saturated heterocycles. The van der Waals surface area contributed by atoms with Crippen molar-refractivity contribution >= 4 is 5.57 Å². The molecule has 8 rings (SSSR count). The Hall–Kier alpha value is -6.00. The summed E-state index contributed by atoms with van der Waals surface area (Å²) in [6.45, 7) is 8.87. The van der Waals surface area contributed by atoms with Crippen LogP contribution in [0.25, 0.3) is 50.9 Å². The van der Waals surface area contributed by atoms with Crippen molar-refractivity contribution in [1.29, 1.82) is 0 Å². The van der Waals surface area contributed by atoms with E-state index in [-0.39, 0.29) is 0 Å². The number of aryl methyl sites for hydroxylation is 2. The number of aromatic nitrogens is 4. The smallest absolute Gasteiger partial charge is 0.164 e. The van der Waals surface area contributed by atoms with Crippen molar-refractivity contribution in [2.45, 2.75) is 39.5 Å². The molecule has 254 valence electrons. The van der Waals surface area contributed by atoms with Crippen LogP contribution in [0.3, 0.4) is 0 Å². The number of allylic oxidation sites excluding steroid dienone is 2. The molecule has 0 saturated carbocycles. The molecule has 2 heterocycles. The Morgan fingerprint density at radius 2 is 1.02 bits per heavy atom. The molecule has 4 atom stereocenters. The third-order valence-corrected chi connectivity index (χ3v) is 10.8. The van der Waals surface area contributed by atoms with Gasteiger partial charge in [0.2, 0.25) is 0 Å². The van der Waals surface area contributed by atoms with E-state index < -0.39 is 0 Å². The van der Waals surface area contributed by atoms with Crippen molar-refractivity contribution in [3.63, 3.8) is 0 Å². The Bertz CT molecular complexity index is 2350. The SMILES string of the molecule is Cc1ccc(-c2cccc(-c3nc(-c4ccccc4)nc(-c4ccc([C@@H](C)[C@@H](C)C5C(c6ccccc6)=CC5c5ccccc5)cc4)n3)c2)c(C)n1. The molecule has 1 aliphatic carbocycles. The van der Waals surface area contributed by atoms with Gasteiger partial charge in [-0.05, 0) is 71.6 Å². The average molecular weight is 675 g/mol. The highest BCUT2D eigenvalue weighted by molar-refractivity contribution is 5.76. The van der Waals surface area contributed by atoms with E-state index in [2.05, 4.69) is 148 Å². The van der Waals surface area contributed by atoms with Gasteiger partial charge in [-0.1, -0.05) is 159 Å². The van der Waals surface area contributed by atoms with E-state index in [1.165, 1.54) is 22.3 Å². The molecule has 0 fully saturated rings. The summed E-state index contributed by atoms with van der Waals surface area (Å²) >= 11 is 0. The highest BCUT2D eigenvalue weighted by Crippen LogP contribution is 2.53. The van der Waals surface area contributed by atoms with Gasteiger partial charge in [0.05, 0.1) is 0 Å². The van der Waals surface area contributed by atoms with Crippen LogP contribution in [0.4, 0.5) is 0 Å². The third kappa shape index (κ3) is 6.60. The Morgan fingerprint density at radius 3 is 1.65 bits per heavy atom. The van der Waals surface area contributed by atoms with Gasteiger partial charge in [0.1, 0.15) is 0 Å². The number of hydrogen-bond donors (Lipinski definition) is 0. The second kappa shape index (κ2) is 14.3. The molecule has 5 aromatic carbocycles. The summed E-state index contributed by atoms with van der Waals surface area (Å²) in [4.78, 5) is 19.8. The van der Waals surface area contributed by atoms with Crippen molar-refractivity contribution < 1.29 is 0 Å². The third-order valence-electron chi connectivity index (χ3n) is 10.8. The van der Waals surface area contributed by atoms with Crippen molar-refractivity contribution in [2.24, 2.45) is 11.8 Å². The van der Waals surface area contributed by atoms with E-state index in [1.54, 1.807) is 0 Å². The molecule has 4 heteroatoms. The summed E-state index contributed by atoms with van der Waals surface area (Å²) in [5.74, 6) is 3.55. The van der Waals surface area contributed by atoms with Gasteiger partial charge in [-0.25, -0.2) is 15.0 Å². The second-order valence-corrected chi connectivity index (χ2v) is 14.1. The van der Waals surface area contributed by atoms with Crippen LogP contribution in [-0.4, -0.2) is 19.9 Å². The standard InChI is InChI=1S/C48H42N4/c1-31-23-28-42(34(4)49-31)40-21-14-22-41(29-40)48-51-46(38-19-12-7-13-20-38)50-47(52-48)39-26-24-35(25-27-39)32(2)33(3)45-43(36-15-8-5-9-16-36)30-44(45)37-17-10-6-11-18-37/h5-30,32-33,43,45H,1-4H3/t32-,33+,43?,45?/m0/s1. The highest BCUT2D eigenvalue weighted by atomic mass is 15.0. The molecule has 0 radical (unpaired) electrons. The van der Waals surface area contributed by atoms with Crippen LogP contribution in [0, 0.1) is 25.7 Å². The zero-order valence-corrected chi connectivity index (χ0v) is 30.1. The number of hydrogen-bond acceptors (Lipinski definition) is 4. The molecule has 7 aromatic rings. The molecular formula is C48H42N4. The van der Waals surface area contributed by atoms with Crippen LogP contribution >= 0.6 is 0 Å². The van der Waals surface area contributed by atoms with Gasteiger partial charge in [0, 0.05) is 39.6 Å². The van der Waals surface area contributed by atoms with Crippen molar-refractivity contribution in [1.82, 2.24) is 19.9 Å². The van der Waals surface area contributed by atoms with Gasteiger partial charge in [-0.15, -0.1) is 0 Å². The molecule has 2 aromatic heterocycles. The highest BCUT2D eigenvalue weighted by Gasteiger charge is 2.40. The monoisotopic (exact) mass is 674 g/mol. The molecular weight excluding hydrogens is 633 g/mol. The minimum Gasteiger partial charge on any atom is -0.258 e. The first-order valence-corrected chi connectivity index (χ1v) is 18.2. The summed E-state index contributed by atoms with van der Waals surface area (Å²) in [5, 5.41) is 0. The van der Waals surface area contributed by atoms with E-state index in [9.17, 15) is 0 Å².